The highest BCUT2D eigenvalue weighted by Gasteiger charge is 2.21. The summed E-state index contributed by atoms with van der Waals surface area (Å²) in [6.45, 7) is 6.65. The Kier molecular flexibility index (Phi) is 5.64. The van der Waals surface area contributed by atoms with Crippen LogP contribution in [-0.2, 0) is 9.53 Å². The molecule has 2 aromatic carbocycles. The highest BCUT2D eigenvalue weighted by atomic mass is 16.6. The Bertz CT molecular complexity index is 829. The minimum atomic E-state index is -0.935. The number of nitrogens with one attached hydrogen (secondary N) is 1. The Morgan fingerprint density at radius 1 is 0.963 bits per heavy atom. The lowest BCUT2D eigenvalue weighted by Crippen LogP contribution is -2.30. The second kappa shape index (κ2) is 8.12. The van der Waals surface area contributed by atoms with Crippen molar-refractivity contribution in [2.75, 3.05) is 18.5 Å². The van der Waals surface area contributed by atoms with Gasteiger partial charge in [0.25, 0.3) is 5.91 Å². The van der Waals surface area contributed by atoms with Crippen LogP contribution in [-0.4, -0.2) is 31.2 Å². The van der Waals surface area contributed by atoms with E-state index in [2.05, 4.69) is 19.2 Å². The molecule has 0 saturated heterocycles. The van der Waals surface area contributed by atoms with Gasteiger partial charge in [-0.1, -0.05) is 26.0 Å². The van der Waals surface area contributed by atoms with Crippen LogP contribution in [0.5, 0.6) is 11.5 Å². The predicted molar refractivity (Wildman–Crippen MR) is 101 cm³/mol. The minimum absolute atomic E-state index is 0.306. The van der Waals surface area contributed by atoms with E-state index in [0.29, 0.717) is 41.9 Å². The topological polar surface area (TPSA) is 73.9 Å². The Hall–Kier alpha value is -3.02. The first-order valence-corrected chi connectivity index (χ1v) is 8.95. The number of benzene rings is 2. The van der Waals surface area contributed by atoms with Gasteiger partial charge >= 0.3 is 5.97 Å². The normalized spacial score (nSPS) is 13.8. The summed E-state index contributed by atoms with van der Waals surface area (Å²) in [5, 5.41) is 2.75. The molecule has 1 heterocycles. The monoisotopic (exact) mass is 369 g/mol. The first kappa shape index (κ1) is 18.8. The van der Waals surface area contributed by atoms with Gasteiger partial charge in [-0.2, -0.15) is 0 Å². The largest absolute Gasteiger partial charge is 0.486 e. The van der Waals surface area contributed by atoms with Gasteiger partial charge in [-0.15, -0.1) is 0 Å². The van der Waals surface area contributed by atoms with Gasteiger partial charge in [0.05, 0.1) is 5.56 Å². The van der Waals surface area contributed by atoms with Gasteiger partial charge in [-0.3, -0.25) is 4.79 Å². The molecular formula is C21H23NO5. The molecule has 3 rings (SSSR count). The van der Waals surface area contributed by atoms with Crippen molar-refractivity contribution >= 4 is 17.6 Å². The molecule has 27 heavy (non-hydrogen) atoms. The lowest BCUT2D eigenvalue weighted by molar-refractivity contribution is -0.123. The number of esters is 1. The molecule has 2 aromatic rings. The minimum Gasteiger partial charge on any atom is -0.486 e. The fourth-order valence-electron chi connectivity index (χ4n) is 2.65. The zero-order valence-electron chi connectivity index (χ0n) is 15.7. The average molecular weight is 369 g/mol. The van der Waals surface area contributed by atoms with E-state index in [1.165, 1.54) is 12.5 Å². The van der Waals surface area contributed by atoms with Crippen molar-refractivity contribution in [1.29, 1.82) is 0 Å². The molecule has 0 radical (unpaired) electrons. The third-order valence-corrected chi connectivity index (χ3v) is 4.28. The van der Waals surface area contributed by atoms with E-state index < -0.39 is 18.0 Å². The second-order valence-electron chi connectivity index (χ2n) is 6.67. The van der Waals surface area contributed by atoms with Crippen molar-refractivity contribution in [2.24, 2.45) is 0 Å². The standard InChI is InChI=1S/C21H23NO5/c1-13(2)15-4-7-17(8-5-15)22-20(23)14(3)27-21(24)16-6-9-18-19(12-16)26-11-10-25-18/h4-9,12-14H,10-11H2,1-3H3,(H,22,23)/t14-/m1/s1. The number of hydrogen-bond acceptors (Lipinski definition) is 5. The third kappa shape index (κ3) is 4.58. The molecule has 0 aliphatic carbocycles. The molecular weight excluding hydrogens is 346 g/mol. The van der Waals surface area contributed by atoms with E-state index in [1.54, 1.807) is 18.2 Å². The number of anilines is 1. The quantitative estimate of drug-likeness (QED) is 0.812. The van der Waals surface area contributed by atoms with E-state index in [9.17, 15) is 9.59 Å². The maximum Gasteiger partial charge on any atom is 0.339 e. The second-order valence-corrected chi connectivity index (χ2v) is 6.67. The molecule has 0 saturated carbocycles. The molecule has 6 heteroatoms. The van der Waals surface area contributed by atoms with Gasteiger partial charge in [0.1, 0.15) is 13.2 Å². The smallest absolute Gasteiger partial charge is 0.339 e. The summed E-state index contributed by atoms with van der Waals surface area (Å²) in [7, 11) is 0. The van der Waals surface area contributed by atoms with E-state index in [0.717, 1.165) is 0 Å². The summed E-state index contributed by atoms with van der Waals surface area (Å²) in [6, 6.07) is 12.4. The number of hydrogen-bond donors (Lipinski definition) is 1. The van der Waals surface area contributed by atoms with Crippen LogP contribution in [0.1, 0.15) is 42.6 Å². The van der Waals surface area contributed by atoms with Crippen LogP contribution in [0.2, 0.25) is 0 Å². The molecule has 1 atom stereocenters. The molecule has 1 amide bonds. The average Bonchev–Trinajstić information content (AvgIpc) is 2.67. The summed E-state index contributed by atoms with van der Waals surface area (Å²) in [5.74, 6) is 0.523. The van der Waals surface area contributed by atoms with Gasteiger partial charge in [0.2, 0.25) is 0 Å². The SMILES string of the molecule is CC(C)c1ccc(NC(=O)[C@@H](C)OC(=O)c2ccc3c(c2)OCCO3)cc1. The van der Waals surface area contributed by atoms with Crippen molar-refractivity contribution in [1.82, 2.24) is 0 Å². The van der Waals surface area contributed by atoms with Crippen molar-refractivity contribution < 1.29 is 23.8 Å². The molecule has 0 aromatic heterocycles. The molecule has 0 spiro atoms. The van der Waals surface area contributed by atoms with Crippen LogP contribution in [0, 0.1) is 0 Å². The third-order valence-electron chi connectivity index (χ3n) is 4.28. The van der Waals surface area contributed by atoms with Gasteiger partial charge in [-0.25, -0.2) is 4.79 Å². The van der Waals surface area contributed by atoms with Crippen LogP contribution in [0.25, 0.3) is 0 Å². The molecule has 0 fully saturated rings. The lowest BCUT2D eigenvalue weighted by Gasteiger charge is -2.19. The summed E-state index contributed by atoms with van der Waals surface area (Å²) in [4.78, 5) is 24.6. The van der Waals surface area contributed by atoms with Crippen LogP contribution >= 0.6 is 0 Å². The van der Waals surface area contributed by atoms with Gasteiger partial charge in [0, 0.05) is 5.69 Å². The molecule has 0 bridgehead atoms. The van der Waals surface area contributed by atoms with E-state index in [4.69, 9.17) is 14.2 Å². The Labute approximate surface area is 158 Å². The first-order valence-electron chi connectivity index (χ1n) is 8.95. The Morgan fingerprint density at radius 3 is 2.30 bits per heavy atom. The van der Waals surface area contributed by atoms with Crippen LogP contribution in [0.15, 0.2) is 42.5 Å². The first-order chi connectivity index (χ1) is 12.9. The number of carbonyl (C=O) groups is 2. The summed E-state index contributed by atoms with van der Waals surface area (Å²) < 4.78 is 16.2. The Balaban J connectivity index is 1.59. The van der Waals surface area contributed by atoms with Gasteiger partial charge < -0.3 is 19.5 Å². The number of ether oxygens (including phenoxy) is 3. The van der Waals surface area contributed by atoms with Crippen molar-refractivity contribution in [3.05, 3.63) is 53.6 Å². The van der Waals surface area contributed by atoms with E-state index >= 15 is 0 Å². The van der Waals surface area contributed by atoms with E-state index in [1.807, 2.05) is 24.3 Å². The number of fused-ring (bicyclic) bond motifs is 1. The number of rotatable bonds is 5. The van der Waals surface area contributed by atoms with Crippen molar-refractivity contribution in [3.8, 4) is 11.5 Å². The fraction of sp³-hybridized carbons (Fsp3) is 0.333. The summed E-state index contributed by atoms with van der Waals surface area (Å²) in [6.07, 6.45) is -0.935. The van der Waals surface area contributed by atoms with Crippen molar-refractivity contribution in [3.63, 3.8) is 0 Å². The van der Waals surface area contributed by atoms with Crippen LogP contribution < -0.4 is 14.8 Å². The summed E-state index contributed by atoms with van der Waals surface area (Å²) >= 11 is 0. The number of carbonyl (C=O) groups excluding carboxylic acids is 2. The Morgan fingerprint density at radius 2 is 1.63 bits per heavy atom. The van der Waals surface area contributed by atoms with E-state index in [-0.39, 0.29) is 0 Å². The molecule has 142 valence electrons. The number of amides is 1. The molecule has 0 unspecified atom stereocenters. The fourth-order valence-corrected chi connectivity index (χ4v) is 2.65. The molecule has 1 N–H and O–H groups in total. The highest BCUT2D eigenvalue weighted by Crippen LogP contribution is 2.31. The van der Waals surface area contributed by atoms with Gasteiger partial charge in [-0.05, 0) is 48.7 Å². The van der Waals surface area contributed by atoms with Gasteiger partial charge in [0.15, 0.2) is 17.6 Å². The van der Waals surface area contributed by atoms with Crippen molar-refractivity contribution in [2.45, 2.75) is 32.8 Å². The predicted octanol–water partition coefficient (Wildman–Crippen LogP) is 3.77. The maximum atomic E-state index is 12.3. The highest BCUT2D eigenvalue weighted by molar-refractivity contribution is 5.97. The van der Waals surface area contributed by atoms with Crippen LogP contribution in [0.3, 0.4) is 0 Å². The molecule has 1 aliphatic heterocycles. The zero-order valence-corrected chi connectivity index (χ0v) is 15.7. The lowest BCUT2D eigenvalue weighted by atomic mass is 10.0. The summed E-state index contributed by atoms with van der Waals surface area (Å²) in [5.41, 5.74) is 2.15. The molecule has 6 nitrogen and oxygen atoms in total. The van der Waals surface area contributed by atoms with Crippen LogP contribution in [0.4, 0.5) is 5.69 Å². The zero-order chi connectivity index (χ0) is 19.4. The maximum absolute atomic E-state index is 12.3. The molecule has 1 aliphatic rings.